The van der Waals surface area contributed by atoms with Crippen LogP contribution in [0.3, 0.4) is 0 Å². The van der Waals surface area contributed by atoms with Crippen molar-refractivity contribution in [1.29, 1.82) is 0 Å². The minimum atomic E-state index is 0.566. The molecule has 1 nitrogen and oxygen atoms in total. The highest BCUT2D eigenvalue weighted by Crippen LogP contribution is 2.32. The summed E-state index contributed by atoms with van der Waals surface area (Å²) in [5.74, 6) is 0. The van der Waals surface area contributed by atoms with E-state index in [0.717, 1.165) is 10.2 Å². The number of rotatable bonds is 0. The highest BCUT2D eigenvalue weighted by molar-refractivity contribution is 7.17. The largest absolute Gasteiger partial charge is 0.233 e. The molecule has 0 atom stereocenters. The van der Waals surface area contributed by atoms with Crippen LogP contribution < -0.4 is 0 Å². The molecule has 0 aliphatic carbocycles. The van der Waals surface area contributed by atoms with Gasteiger partial charge in [0.2, 0.25) is 0 Å². The molecule has 0 N–H and O–H groups in total. The van der Waals surface area contributed by atoms with E-state index in [2.05, 4.69) is 10.5 Å². The third kappa shape index (κ3) is 1.11. The van der Waals surface area contributed by atoms with E-state index in [9.17, 15) is 0 Å². The minimum absolute atomic E-state index is 0.566. The van der Waals surface area contributed by atoms with Crippen LogP contribution in [0.4, 0.5) is 0 Å². The zero-order chi connectivity index (χ0) is 7.84. The van der Waals surface area contributed by atoms with Gasteiger partial charge in [0.15, 0.2) is 5.51 Å². The molecule has 2 rings (SSSR count). The monoisotopic (exact) mass is 202 g/mol. The third-order valence-electron chi connectivity index (χ3n) is 1.34. The van der Waals surface area contributed by atoms with Crippen LogP contribution in [0.5, 0.6) is 0 Å². The van der Waals surface area contributed by atoms with Crippen molar-refractivity contribution >= 4 is 44.8 Å². The van der Waals surface area contributed by atoms with Gasteiger partial charge in [-0.1, -0.05) is 23.2 Å². The van der Waals surface area contributed by atoms with E-state index in [4.69, 9.17) is 23.2 Å². The molecule has 0 bridgehead atoms. The topological polar surface area (TPSA) is 12.9 Å². The Hall–Kier alpha value is -0.310. The van der Waals surface area contributed by atoms with E-state index >= 15 is 0 Å². The number of nitrogens with zero attached hydrogens (tertiary/aromatic N) is 1. The normalized spacial score (nSPS) is 10.7. The summed E-state index contributed by atoms with van der Waals surface area (Å²) in [6, 6.07) is 3.57. The average Bonchev–Trinajstić information content (AvgIpc) is 2.45. The lowest BCUT2D eigenvalue weighted by Crippen LogP contribution is -1.69. The third-order valence-corrected chi connectivity index (χ3v) is 3.06. The number of halogens is 2. The Morgan fingerprint density at radius 3 is 3.00 bits per heavy atom. The summed E-state index contributed by atoms with van der Waals surface area (Å²) in [5.41, 5.74) is 3.61. The summed E-state index contributed by atoms with van der Waals surface area (Å²) in [7, 11) is 0. The quantitative estimate of drug-likeness (QED) is 0.639. The number of aromatic nitrogens is 1. The van der Waals surface area contributed by atoms with Crippen LogP contribution in [0.25, 0.3) is 10.2 Å². The molecule has 0 saturated heterocycles. The Labute approximate surface area is 77.6 Å². The molecule has 55 valence electrons. The number of hydrogen-bond donors (Lipinski definition) is 0. The Balaban J connectivity index is 2.93. The smallest absolute Gasteiger partial charge is 0.153 e. The molecule has 4 heteroatoms. The molecule has 2 aromatic rings. The Morgan fingerprint density at radius 1 is 1.36 bits per heavy atom. The molecule has 0 unspecified atom stereocenters. The molecule has 0 saturated carbocycles. The van der Waals surface area contributed by atoms with Gasteiger partial charge in [-0.25, -0.2) is 4.98 Å². The van der Waals surface area contributed by atoms with E-state index in [1.165, 1.54) is 11.3 Å². The molecule has 1 radical (unpaired) electrons. The maximum atomic E-state index is 5.89. The molecule has 0 aliphatic rings. The van der Waals surface area contributed by atoms with Crippen LogP contribution in [0.1, 0.15) is 0 Å². The van der Waals surface area contributed by atoms with Gasteiger partial charge in [0, 0.05) is 0 Å². The van der Waals surface area contributed by atoms with Gasteiger partial charge in [0.25, 0.3) is 0 Å². The van der Waals surface area contributed by atoms with Crippen LogP contribution in [-0.4, -0.2) is 4.98 Å². The van der Waals surface area contributed by atoms with Crippen LogP contribution in [0.15, 0.2) is 12.1 Å². The van der Waals surface area contributed by atoms with Gasteiger partial charge in [-0.05, 0) is 12.1 Å². The number of thiazole rings is 1. The van der Waals surface area contributed by atoms with Crippen molar-refractivity contribution < 1.29 is 0 Å². The van der Waals surface area contributed by atoms with Gasteiger partial charge < -0.3 is 0 Å². The summed E-state index contributed by atoms with van der Waals surface area (Å²) in [6.07, 6.45) is 0. The summed E-state index contributed by atoms with van der Waals surface area (Å²) in [5, 5.41) is 1.14. The second-order valence-electron chi connectivity index (χ2n) is 2.01. The minimum Gasteiger partial charge on any atom is -0.233 e. The first-order valence-corrected chi connectivity index (χ1v) is 4.47. The summed E-state index contributed by atoms with van der Waals surface area (Å²) < 4.78 is 0.902. The Morgan fingerprint density at radius 2 is 2.18 bits per heavy atom. The fraction of sp³-hybridized carbons (Fsp3) is 0. The van der Waals surface area contributed by atoms with Crippen LogP contribution >= 0.6 is 34.5 Å². The van der Waals surface area contributed by atoms with E-state index in [1.807, 2.05) is 6.07 Å². The molecule has 11 heavy (non-hydrogen) atoms. The fourth-order valence-corrected chi connectivity index (χ4v) is 1.97. The first-order valence-electron chi connectivity index (χ1n) is 2.89. The maximum Gasteiger partial charge on any atom is 0.153 e. The second kappa shape index (κ2) is 2.63. The van der Waals surface area contributed by atoms with Gasteiger partial charge in [-0.3, -0.25) is 0 Å². The zero-order valence-electron chi connectivity index (χ0n) is 5.27. The number of benzene rings is 1. The summed E-state index contributed by atoms with van der Waals surface area (Å²) in [4.78, 5) is 3.97. The van der Waals surface area contributed by atoms with E-state index in [1.54, 1.807) is 6.07 Å². The van der Waals surface area contributed by atoms with E-state index < -0.39 is 0 Å². The van der Waals surface area contributed by atoms with Crippen molar-refractivity contribution in [3.63, 3.8) is 0 Å². The van der Waals surface area contributed by atoms with Gasteiger partial charge >= 0.3 is 0 Å². The van der Waals surface area contributed by atoms with Crippen molar-refractivity contribution in [3.05, 3.63) is 27.7 Å². The predicted molar refractivity (Wildman–Crippen MR) is 48.5 cm³/mol. The van der Waals surface area contributed by atoms with E-state index in [0.29, 0.717) is 10.0 Å². The lowest BCUT2D eigenvalue weighted by molar-refractivity contribution is 1.48. The lowest BCUT2D eigenvalue weighted by Gasteiger charge is -1.93. The fourth-order valence-electron chi connectivity index (χ4n) is 0.825. The van der Waals surface area contributed by atoms with E-state index in [-0.39, 0.29) is 0 Å². The molecule has 1 aromatic carbocycles. The average molecular weight is 203 g/mol. The van der Waals surface area contributed by atoms with Crippen molar-refractivity contribution in [3.8, 4) is 0 Å². The molecule has 0 spiro atoms. The molecule has 0 aliphatic heterocycles. The number of hydrogen-bond acceptors (Lipinski definition) is 2. The van der Waals surface area contributed by atoms with Crippen molar-refractivity contribution in [2.75, 3.05) is 0 Å². The highest BCUT2D eigenvalue weighted by Gasteiger charge is 2.04. The first kappa shape index (κ1) is 7.35. The van der Waals surface area contributed by atoms with Crippen molar-refractivity contribution in [2.24, 2.45) is 0 Å². The summed E-state index contributed by atoms with van der Waals surface area (Å²) in [6.45, 7) is 0. The molecular formula is C7H2Cl2NS. The Bertz CT molecular complexity index is 396. The Kier molecular flexibility index (Phi) is 1.75. The van der Waals surface area contributed by atoms with Crippen molar-refractivity contribution in [2.45, 2.75) is 0 Å². The van der Waals surface area contributed by atoms with Crippen molar-refractivity contribution in [1.82, 2.24) is 4.98 Å². The van der Waals surface area contributed by atoms with Gasteiger partial charge in [-0.2, -0.15) is 0 Å². The van der Waals surface area contributed by atoms with Crippen LogP contribution in [-0.2, 0) is 0 Å². The zero-order valence-corrected chi connectivity index (χ0v) is 7.59. The molecule has 0 fully saturated rings. The molecular weight excluding hydrogens is 201 g/mol. The van der Waals surface area contributed by atoms with Gasteiger partial charge in [-0.15, -0.1) is 11.3 Å². The predicted octanol–water partition coefficient (Wildman–Crippen LogP) is 3.40. The molecule has 1 aromatic heterocycles. The standard InChI is InChI=1S/C7H2Cl2NS/c8-4-1-2-5-7(6(4)9)11-3-10-5/h1-2H. The van der Waals surface area contributed by atoms with Gasteiger partial charge in [0.1, 0.15) is 0 Å². The molecule has 1 heterocycles. The summed E-state index contributed by atoms with van der Waals surface area (Å²) >= 11 is 13.0. The maximum absolute atomic E-state index is 5.89. The van der Waals surface area contributed by atoms with Crippen LogP contribution in [0, 0.1) is 5.51 Å². The van der Waals surface area contributed by atoms with Gasteiger partial charge in [0.05, 0.1) is 20.3 Å². The first-order chi connectivity index (χ1) is 5.29. The second-order valence-corrected chi connectivity index (χ2v) is 3.59. The molecule has 0 amide bonds. The number of fused-ring (bicyclic) bond motifs is 1. The highest BCUT2D eigenvalue weighted by atomic mass is 35.5. The SMILES string of the molecule is Clc1ccc2n[c]sc2c1Cl. The lowest BCUT2D eigenvalue weighted by atomic mass is 10.3. The van der Waals surface area contributed by atoms with Crippen LogP contribution in [0.2, 0.25) is 10.0 Å².